The number of sulfonamides is 1. The van der Waals surface area contributed by atoms with Gasteiger partial charge in [0.15, 0.2) is 5.96 Å². The number of para-hydroxylation sites is 1. The lowest BCUT2D eigenvalue weighted by atomic mass is 10.1. The average Bonchev–Trinajstić information content (AvgIpc) is 3.40. The predicted molar refractivity (Wildman–Crippen MR) is 113 cm³/mol. The predicted octanol–water partition coefficient (Wildman–Crippen LogP) is 1.09. The van der Waals surface area contributed by atoms with E-state index in [-0.39, 0.29) is 11.9 Å². The van der Waals surface area contributed by atoms with Crippen LogP contribution in [0.2, 0.25) is 0 Å². The Morgan fingerprint density at radius 1 is 1.23 bits per heavy atom. The van der Waals surface area contributed by atoms with Gasteiger partial charge in [-0.2, -0.15) is 4.31 Å². The van der Waals surface area contributed by atoms with E-state index in [0.29, 0.717) is 38.4 Å². The number of aliphatic imine (C=N–C) groups is 1. The van der Waals surface area contributed by atoms with Crippen molar-refractivity contribution in [2.24, 2.45) is 4.99 Å². The molecule has 0 spiro atoms. The molecule has 0 amide bonds. The lowest BCUT2D eigenvalue weighted by Crippen LogP contribution is -2.54. The number of guanidine groups is 1. The molecule has 30 heavy (non-hydrogen) atoms. The van der Waals surface area contributed by atoms with Gasteiger partial charge in [-0.1, -0.05) is 23.4 Å². The molecule has 3 heterocycles. The zero-order valence-electron chi connectivity index (χ0n) is 17.0. The van der Waals surface area contributed by atoms with E-state index in [4.69, 9.17) is 14.3 Å². The Labute approximate surface area is 176 Å². The van der Waals surface area contributed by atoms with E-state index in [1.165, 1.54) is 16.1 Å². The lowest BCUT2D eigenvalue weighted by Gasteiger charge is -2.35. The van der Waals surface area contributed by atoms with E-state index in [1.54, 1.807) is 6.07 Å². The number of hydrogen-bond donors (Lipinski definition) is 1. The zero-order valence-corrected chi connectivity index (χ0v) is 17.8. The number of benzene rings is 1. The van der Waals surface area contributed by atoms with Crippen LogP contribution in [-0.2, 0) is 22.2 Å². The topological polar surface area (TPSA) is 100 Å². The third kappa shape index (κ3) is 4.76. The Hall–Kier alpha value is -2.59. The molecule has 0 bridgehead atoms. The third-order valence-corrected chi connectivity index (χ3v) is 7.06. The van der Waals surface area contributed by atoms with E-state index in [9.17, 15) is 8.42 Å². The minimum atomic E-state index is -3.42. The molecular formula is C20H27N5O4S. The van der Waals surface area contributed by atoms with Crippen LogP contribution in [0.1, 0.15) is 18.2 Å². The maximum Gasteiger partial charge on any atom is 0.220 e. The second-order valence-electron chi connectivity index (χ2n) is 7.38. The second-order valence-corrected chi connectivity index (χ2v) is 9.35. The van der Waals surface area contributed by atoms with Gasteiger partial charge in [0.1, 0.15) is 23.9 Å². The summed E-state index contributed by atoms with van der Waals surface area (Å²) in [5.41, 5.74) is 1.64. The molecule has 1 saturated heterocycles. The number of aromatic nitrogens is 1. The number of piperazine rings is 1. The van der Waals surface area contributed by atoms with Gasteiger partial charge in [-0.3, -0.25) is 0 Å². The normalized spacial score (nSPS) is 20.1. The summed E-state index contributed by atoms with van der Waals surface area (Å²) in [4.78, 5) is 6.87. The quantitative estimate of drug-likeness (QED) is 0.538. The van der Waals surface area contributed by atoms with Crippen LogP contribution >= 0.6 is 0 Å². The summed E-state index contributed by atoms with van der Waals surface area (Å²) >= 11 is 0. The smallest absolute Gasteiger partial charge is 0.220 e. The number of rotatable bonds is 6. The summed E-state index contributed by atoms with van der Waals surface area (Å²) in [5, 5.41) is 7.03. The summed E-state index contributed by atoms with van der Waals surface area (Å²) < 4.78 is 37.5. The second kappa shape index (κ2) is 9.05. The Morgan fingerprint density at radius 3 is 2.73 bits per heavy atom. The highest BCUT2D eigenvalue weighted by molar-refractivity contribution is 7.88. The van der Waals surface area contributed by atoms with Crippen molar-refractivity contribution in [3.63, 3.8) is 0 Å². The molecule has 1 atom stereocenters. The van der Waals surface area contributed by atoms with Gasteiger partial charge < -0.3 is 19.5 Å². The molecule has 2 aliphatic heterocycles. The van der Waals surface area contributed by atoms with Crippen LogP contribution in [0.5, 0.6) is 5.75 Å². The van der Waals surface area contributed by atoms with Gasteiger partial charge in [0.05, 0.1) is 12.2 Å². The van der Waals surface area contributed by atoms with E-state index >= 15 is 0 Å². The number of ether oxygens (including phenoxy) is 1. The van der Waals surface area contributed by atoms with Crippen LogP contribution in [0.4, 0.5) is 0 Å². The van der Waals surface area contributed by atoms with Gasteiger partial charge in [0, 0.05) is 45.2 Å². The maximum atomic E-state index is 12.6. The molecule has 1 unspecified atom stereocenters. The molecular weight excluding hydrogens is 406 g/mol. The number of nitrogens with one attached hydrogen (secondary N) is 1. The maximum absolute atomic E-state index is 12.6. The first-order valence-corrected chi connectivity index (χ1v) is 11.8. The fourth-order valence-corrected chi connectivity index (χ4v) is 5.16. The van der Waals surface area contributed by atoms with E-state index in [1.807, 2.05) is 25.1 Å². The highest BCUT2D eigenvalue weighted by atomic mass is 32.2. The summed E-state index contributed by atoms with van der Waals surface area (Å²) in [6.07, 6.45) is 2.27. The van der Waals surface area contributed by atoms with Crippen molar-refractivity contribution >= 4 is 16.0 Å². The minimum absolute atomic E-state index is 0.0279. The molecule has 2 aliphatic rings. The van der Waals surface area contributed by atoms with Crippen molar-refractivity contribution in [2.75, 3.05) is 39.3 Å². The first-order valence-electron chi connectivity index (χ1n) is 10.2. The molecule has 2 aromatic rings. The van der Waals surface area contributed by atoms with Crippen molar-refractivity contribution in [3.8, 4) is 5.75 Å². The Balaban J connectivity index is 1.34. The summed E-state index contributed by atoms with van der Waals surface area (Å²) in [5.74, 6) is 1.59. The van der Waals surface area contributed by atoms with E-state index in [2.05, 4.69) is 21.4 Å². The van der Waals surface area contributed by atoms with Gasteiger partial charge in [-0.25, -0.2) is 13.4 Å². The van der Waals surface area contributed by atoms with Crippen LogP contribution < -0.4 is 10.1 Å². The lowest BCUT2D eigenvalue weighted by molar-refractivity contribution is 0.237. The standard InChI is InChI=1S/C20H27N5O4S/c1-2-21-20(22-14-18-13-16-5-3-4-6-19(16)29-18)24-8-10-25(11-9-24)30(26,27)15-17-7-12-28-23-17/h3-7,12,18H,2,8-11,13-15H2,1H3,(H,21,22). The van der Waals surface area contributed by atoms with Crippen LogP contribution in [-0.4, -0.2) is 74.1 Å². The Morgan fingerprint density at radius 2 is 2.03 bits per heavy atom. The number of hydrogen-bond acceptors (Lipinski definition) is 6. The molecule has 1 N–H and O–H groups in total. The molecule has 4 rings (SSSR count). The molecule has 1 fully saturated rings. The van der Waals surface area contributed by atoms with Crippen LogP contribution in [0.3, 0.4) is 0 Å². The van der Waals surface area contributed by atoms with Crippen molar-refractivity contribution in [1.29, 1.82) is 0 Å². The van der Waals surface area contributed by atoms with Crippen molar-refractivity contribution in [1.82, 2.24) is 19.7 Å². The first-order chi connectivity index (χ1) is 14.5. The molecule has 0 aliphatic carbocycles. The summed E-state index contributed by atoms with van der Waals surface area (Å²) in [6.45, 7) is 5.31. The highest BCUT2D eigenvalue weighted by Crippen LogP contribution is 2.28. The van der Waals surface area contributed by atoms with Gasteiger partial charge in [-0.15, -0.1) is 0 Å². The van der Waals surface area contributed by atoms with Gasteiger partial charge in [0.2, 0.25) is 10.0 Å². The molecule has 1 aromatic heterocycles. The zero-order chi connectivity index (χ0) is 21.0. The summed E-state index contributed by atoms with van der Waals surface area (Å²) in [6, 6.07) is 9.65. The molecule has 1 aromatic carbocycles. The number of nitrogens with zero attached hydrogens (tertiary/aromatic N) is 4. The van der Waals surface area contributed by atoms with Gasteiger partial charge >= 0.3 is 0 Å². The van der Waals surface area contributed by atoms with Crippen LogP contribution in [0.15, 0.2) is 46.1 Å². The molecule has 10 heteroatoms. The first kappa shape index (κ1) is 20.7. The van der Waals surface area contributed by atoms with E-state index in [0.717, 1.165) is 24.7 Å². The Kier molecular flexibility index (Phi) is 6.24. The Bertz CT molecular complexity index is 944. The third-order valence-electron chi connectivity index (χ3n) is 5.25. The van der Waals surface area contributed by atoms with Gasteiger partial charge in [0.25, 0.3) is 0 Å². The SMILES string of the molecule is CCNC(=NCC1Cc2ccccc2O1)N1CCN(S(=O)(=O)Cc2ccon2)CC1. The molecule has 162 valence electrons. The van der Waals surface area contributed by atoms with Crippen molar-refractivity contribution in [2.45, 2.75) is 25.2 Å². The molecule has 0 radical (unpaired) electrons. The minimum Gasteiger partial charge on any atom is -0.488 e. The molecule has 0 saturated carbocycles. The van der Waals surface area contributed by atoms with Crippen molar-refractivity contribution in [3.05, 3.63) is 47.9 Å². The fourth-order valence-electron chi connectivity index (χ4n) is 3.74. The molecule has 9 nitrogen and oxygen atoms in total. The van der Waals surface area contributed by atoms with Crippen LogP contribution in [0.25, 0.3) is 0 Å². The largest absolute Gasteiger partial charge is 0.488 e. The fraction of sp³-hybridized carbons (Fsp3) is 0.500. The van der Waals surface area contributed by atoms with E-state index < -0.39 is 10.0 Å². The summed E-state index contributed by atoms with van der Waals surface area (Å²) in [7, 11) is -3.42. The average molecular weight is 434 g/mol. The van der Waals surface area contributed by atoms with Gasteiger partial charge in [-0.05, 0) is 18.6 Å². The van der Waals surface area contributed by atoms with Crippen molar-refractivity contribution < 1.29 is 17.7 Å². The highest BCUT2D eigenvalue weighted by Gasteiger charge is 2.29. The number of fused-ring (bicyclic) bond motifs is 1. The monoisotopic (exact) mass is 433 g/mol. The van der Waals surface area contributed by atoms with Crippen LogP contribution in [0, 0.1) is 0 Å².